The van der Waals surface area contributed by atoms with E-state index in [0.717, 1.165) is 67.6 Å². The average molecular weight is 552 g/mol. The van der Waals surface area contributed by atoms with Crippen molar-refractivity contribution in [1.29, 1.82) is 0 Å². The molecular weight excluding hydrogens is 514 g/mol. The number of carbonyl (C=O) groups is 2. The number of carboxylic acid groups (broad SMARTS) is 2. The molecule has 10 nitrogen and oxygen atoms in total. The Bertz CT molecular complexity index is 1410. The Kier molecular flexibility index (Phi) is 9.68. The zero-order valence-electron chi connectivity index (χ0n) is 22.4. The van der Waals surface area contributed by atoms with Gasteiger partial charge in [-0.05, 0) is 92.9 Å². The van der Waals surface area contributed by atoms with Crippen LogP contribution in [0.15, 0.2) is 54.9 Å². The van der Waals surface area contributed by atoms with E-state index < -0.39 is 11.9 Å². The summed E-state index contributed by atoms with van der Waals surface area (Å²) in [4.78, 5) is 27.5. The molecule has 1 saturated heterocycles. The summed E-state index contributed by atoms with van der Waals surface area (Å²) in [6, 6.07) is 14.7. The molecule has 0 atom stereocenters. The number of hydrogen-bond donors (Lipinski definition) is 4. The van der Waals surface area contributed by atoms with Gasteiger partial charge in [0, 0.05) is 40.7 Å². The second kappa shape index (κ2) is 13.4. The summed E-state index contributed by atoms with van der Waals surface area (Å²) in [5.41, 5.74) is 3.78. The van der Waals surface area contributed by atoms with Crippen molar-refractivity contribution < 1.29 is 34.8 Å². The molecule has 1 aliphatic carbocycles. The predicted molar refractivity (Wildman–Crippen MR) is 152 cm³/mol. The molecule has 40 heavy (non-hydrogen) atoms. The minimum atomic E-state index is -1.82. The summed E-state index contributed by atoms with van der Waals surface area (Å²) >= 11 is 0. The van der Waals surface area contributed by atoms with E-state index in [1.54, 1.807) is 0 Å². The molecule has 6 rings (SSSR count). The van der Waals surface area contributed by atoms with E-state index in [-0.39, 0.29) is 5.48 Å². The van der Waals surface area contributed by atoms with Crippen molar-refractivity contribution in [2.45, 2.75) is 38.0 Å². The lowest BCUT2D eigenvalue weighted by Gasteiger charge is -2.32. The molecule has 0 spiro atoms. The minimum Gasteiger partial charge on any atom is -0.493 e. The number of rotatable bonds is 9. The second-order valence-corrected chi connectivity index (χ2v) is 10.3. The van der Waals surface area contributed by atoms with E-state index in [4.69, 9.17) is 29.3 Å². The van der Waals surface area contributed by atoms with Crippen LogP contribution in [0.3, 0.4) is 0 Å². The maximum absolute atomic E-state index is 9.10. The molecule has 0 bridgehead atoms. The third kappa shape index (κ3) is 7.13. The smallest absolute Gasteiger partial charge is 0.414 e. The van der Waals surface area contributed by atoms with E-state index in [9.17, 15) is 0 Å². The number of nitrogens with one attached hydrogen (secondary N) is 2. The van der Waals surface area contributed by atoms with Crippen LogP contribution in [0, 0.1) is 5.92 Å². The highest BCUT2D eigenvalue weighted by Crippen LogP contribution is 2.39. The van der Waals surface area contributed by atoms with Gasteiger partial charge < -0.3 is 40.0 Å². The molecule has 2 aromatic carbocycles. The van der Waals surface area contributed by atoms with Crippen molar-refractivity contribution in [2.75, 3.05) is 32.8 Å². The monoisotopic (exact) mass is 551 g/mol. The first-order valence-electron chi connectivity index (χ1n) is 13.6. The van der Waals surface area contributed by atoms with Gasteiger partial charge in [-0.25, -0.2) is 9.59 Å². The SMILES string of the molecule is O.O=C(O)C(=O)O.c1cc(OCCCN2CCC(c3c[nH]c4cccc(OCC5CC5)c34)CC2)c2cc[nH]c2c1. The van der Waals surface area contributed by atoms with Crippen LogP contribution in [0.2, 0.25) is 0 Å². The fourth-order valence-electron chi connectivity index (χ4n) is 5.23. The Morgan fingerprint density at radius 2 is 1.57 bits per heavy atom. The number of likely N-dealkylation sites (tertiary alicyclic amines) is 1. The first-order chi connectivity index (χ1) is 19.0. The number of fused-ring (bicyclic) bond motifs is 2. The number of aromatic amines is 2. The zero-order valence-corrected chi connectivity index (χ0v) is 22.4. The number of carboxylic acids is 2. The number of H-pyrrole nitrogens is 2. The van der Waals surface area contributed by atoms with Crippen LogP contribution in [0.4, 0.5) is 0 Å². The van der Waals surface area contributed by atoms with Gasteiger partial charge in [0.15, 0.2) is 0 Å². The minimum absolute atomic E-state index is 0. The van der Waals surface area contributed by atoms with Crippen molar-refractivity contribution in [3.63, 3.8) is 0 Å². The number of benzene rings is 2. The fourth-order valence-corrected chi connectivity index (χ4v) is 5.23. The third-order valence-electron chi connectivity index (χ3n) is 7.51. The number of hydrogen-bond acceptors (Lipinski definition) is 5. The molecule has 214 valence electrons. The summed E-state index contributed by atoms with van der Waals surface area (Å²) in [7, 11) is 0. The maximum atomic E-state index is 9.10. The number of ether oxygens (including phenoxy) is 2. The largest absolute Gasteiger partial charge is 0.493 e. The first kappa shape index (κ1) is 29.0. The summed E-state index contributed by atoms with van der Waals surface area (Å²) in [6.45, 7) is 5.02. The first-order valence-corrected chi connectivity index (χ1v) is 13.6. The van der Waals surface area contributed by atoms with Gasteiger partial charge in [0.05, 0.1) is 13.2 Å². The van der Waals surface area contributed by atoms with Gasteiger partial charge >= 0.3 is 11.9 Å². The van der Waals surface area contributed by atoms with E-state index in [2.05, 4.69) is 57.5 Å². The molecule has 1 saturated carbocycles. The number of piperidine rings is 1. The van der Waals surface area contributed by atoms with Crippen LogP contribution in [0.5, 0.6) is 11.5 Å². The van der Waals surface area contributed by atoms with Gasteiger partial charge in [-0.3, -0.25) is 0 Å². The number of nitrogens with zero attached hydrogens (tertiary/aromatic N) is 1. The summed E-state index contributed by atoms with van der Waals surface area (Å²) in [5, 5.41) is 17.3. The van der Waals surface area contributed by atoms with Gasteiger partial charge in [0.25, 0.3) is 0 Å². The Morgan fingerprint density at radius 3 is 2.27 bits per heavy atom. The van der Waals surface area contributed by atoms with Crippen LogP contribution in [0.1, 0.15) is 43.6 Å². The zero-order chi connectivity index (χ0) is 27.2. The summed E-state index contributed by atoms with van der Waals surface area (Å²) < 4.78 is 12.3. The molecule has 6 N–H and O–H groups in total. The summed E-state index contributed by atoms with van der Waals surface area (Å²) in [6.07, 6.45) is 10.3. The van der Waals surface area contributed by atoms with E-state index >= 15 is 0 Å². The van der Waals surface area contributed by atoms with Crippen LogP contribution in [0.25, 0.3) is 21.8 Å². The summed E-state index contributed by atoms with van der Waals surface area (Å²) in [5.74, 6) is -0.238. The van der Waals surface area contributed by atoms with Gasteiger partial charge in [0.2, 0.25) is 0 Å². The number of aliphatic carboxylic acids is 2. The standard InChI is InChI=1S/C28H33N3O2.C2H2O4.H2O/c1-4-24-22(10-13-29-24)26(6-1)32-17-3-14-31-15-11-21(12-16-31)23-18-30-25-5-2-7-27(28(23)25)33-19-20-8-9-20;3-1(4)2(5)6;/h1-2,4-7,10,13,18,20-21,29-30H,3,8-9,11-12,14-17,19H2;(H,3,4)(H,5,6);1H2. The predicted octanol–water partition coefficient (Wildman–Crippen LogP) is 4.42. The van der Waals surface area contributed by atoms with E-state index in [1.165, 1.54) is 42.1 Å². The van der Waals surface area contributed by atoms with Crippen LogP contribution >= 0.6 is 0 Å². The van der Waals surface area contributed by atoms with Gasteiger partial charge in [-0.15, -0.1) is 0 Å². The van der Waals surface area contributed by atoms with Gasteiger partial charge in [0.1, 0.15) is 11.5 Å². The molecule has 10 heteroatoms. The highest BCUT2D eigenvalue weighted by Gasteiger charge is 2.25. The molecule has 3 heterocycles. The normalized spacial score (nSPS) is 15.7. The van der Waals surface area contributed by atoms with Crippen molar-refractivity contribution >= 4 is 33.7 Å². The lowest BCUT2D eigenvalue weighted by molar-refractivity contribution is -0.159. The van der Waals surface area contributed by atoms with E-state index in [0.29, 0.717) is 5.92 Å². The Morgan fingerprint density at radius 1 is 0.875 bits per heavy atom. The molecule has 2 aromatic heterocycles. The molecule has 1 aliphatic heterocycles. The maximum Gasteiger partial charge on any atom is 0.414 e. The molecule has 0 radical (unpaired) electrons. The molecule has 0 amide bonds. The highest BCUT2D eigenvalue weighted by atomic mass is 16.5. The Balaban J connectivity index is 0.000000480. The Labute approximate surface area is 232 Å². The van der Waals surface area contributed by atoms with Crippen LogP contribution in [-0.2, 0) is 9.59 Å². The molecule has 4 aromatic rings. The molecule has 2 aliphatic rings. The second-order valence-electron chi connectivity index (χ2n) is 10.3. The van der Waals surface area contributed by atoms with Gasteiger partial charge in [-0.1, -0.05) is 12.1 Å². The van der Waals surface area contributed by atoms with E-state index in [1.807, 2.05) is 12.3 Å². The van der Waals surface area contributed by atoms with Crippen LogP contribution < -0.4 is 9.47 Å². The van der Waals surface area contributed by atoms with Crippen molar-refractivity contribution in [3.8, 4) is 11.5 Å². The average Bonchev–Trinajstić information content (AvgIpc) is 3.46. The van der Waals surface area contributed by atoms with Crippen molar-refractivity contribution in [3.05, 3.63) is 60.4 Å². The molecular formula is C30H37N3O7. The fraction of sp³-hybridized carbons (Fsp3) is 0.400. The Hall–Kier alpha value is -4.02. The molecule has 0 unspecified atom stereocenters. The highest BCUT2D eigenvalue weighted by molar-refractivity contribution is 6.27. The molecule has 2 fully saturated rings. The topological polar surface area (TPSA) is 159 Å². The quantitative estimate of drug-likeness (QED) is 0.177. The number of aromatic nitrogens is 2. The third-order valence-corrected chi connectivity index (χ3v) is 7.51. The van der Waals surface area contributed by atoms with Crippen LogP contribution in [-0.4, -0.2) is 75.3 Å². The van der Waals surface area contributed by atoms with Crippen molar-refractivity contribution in [1.82, 2.24) is 14.9 Å². The lowest BCUT2D eigenvalue weighted by Crippen LogP contribution is -2.34. The van der Waals surface area contributed by atoms with Gasteiger partial charge in [-0.2, -0.15) is 0 Å². The van der Waals surface area contributed by atoms with Crippen molar-refractivity contribution in [2.24, 2.45) is 5.92 Å². The lowest BCUT2D eigenvalue weighted by atomic mass is 9.89.